The van der Waals surface area contributed by atoms with Crippen LogP contribution in [0, 0.1) is 0 Å². The molecule has 1 aliphatic heterocycles. The number of hydrogen-bond acceptors (Lipinski definition) is 3. The zero-order valence-corrected chi connectivity index (χ0v) is 14.5. The molecular weight excluding hydrogens is 330 g/mol. The number of benzene rings is 1. The lowest BCUT2D eigenvalue weighted by Gasteiger charge is -2.37. The Morgan fingerprint density at radius 3 is 3.00 bits per heavy atom. The number of nitrogens with one attached hydrogen (secondary N) is 2. The van der Waals surface area contributed by atoms with Crippen LogP contribution in [0.3, 0.4) is 0 Å². The first-order chi connectivity index (χ1) is 10.0. The zero-order valence-electron chi connectivity index (χ0n) is 12.9. The van der Waals surface area contributed by atoms with Crippen LogP contribution in [-0.4, -0.2) is 31.6 Å². The number of amides is 1. The molecule has 2 rings (SSSR count). The van der Waals surface area contributed by atoms with E-state index in [1.165, 1.54) is 5.56 Å². The minimum atomic E-state index is -0.128. The van der Waals surface area contributed by atoms with Gasteiger partial charge in [-0.15, -0.1) is 0 Å². The molecule has 1 aromatic carbocycles. The first-order valence-electron chi connectivity index (χ1n) is 7.61. The van der Waals surface area contributed by atoms with Crippen molar-refractivity contribution in [1.29, 1.82) is 0 Å². The summed E-state index contributed by atoms with van der Waals surface area (Å²) in [6.07, 6.45) is 1.11. The maximum Gasteiger partial charge on any atom is 0.242 e. The molecule has 0 spiro atoms. The standard InChI is InChI=1S/C16H24BrN3O/c1-4-7-18-11(2)14-10-13(17)5-6-15(14)20-9-8-19-16(21)12(20)3/h5-6,10-12,18H,4,7-9H2,1-3H3,(H,19,21). The number of hydrogen-bond donors (Lipinski definition) is 2. The quantitative estimate of drug-likeness (QED) is 0.855. The van der Waals surface area contributed by atoms with E-state index in [0.717, 1.165) is 29.7 Å². The summed E-state index contributed by atoms with van der Waals surface area (Å²) < 4.78 is 1.07. The van der Waals surface area contributed by atoms with E-state index < -0.39 is 0 Å². The Labute approximate surface area is 135 Å². The highest BCUT2D eigenvalue weighted by Gasteiger charge is 2.27. The van der Waals surface area contributed by atoms with E-state index in [2.05, 4.69) is 57.4 Å². The molecule has 2 N–H and O–H groups in total. The Hall–Kier alpha value is -1.07. The van der Waals surface area contributed by atoms with Gasteiger partial charge in [-0.25, -0.2) is 0 Å². The van der Waals surface area contributed by atoms with Gasteiger partial charge in [0.05, 0.1) is 0 Å². The number of piperazine rings is 1. The van der Waals surface area contributed by atoms with Crippen LogP contribution in [-0.2, 0) is 4.79 Å². The second-order valence-electron chi connectivity index (χ2n) is 5.54. The lowest BCUT2D eigenvalue weighted by Crippen LogP contribution is -2.54. The van der Waals surface area contributed by atoms with Crippen LogP contribution in [0.15, 0.2) is 22.7 Å². The van der Waals surface area contributed by atoms with E-state index in [1.807, 2.05) is 13.0 Å². The lowest BCUT2D eigenvalue weighted by molar-refractivity contribution is -0.122. The molecule has 1 fully saturated rings. The molecule has 5 heteroatoms. The number of nitrogens with zero attached hydrogens (tertiary/aromatic N) is 1. The van der Waals surface area contributed by atoms with Crippen molar-refractivity contribution in [3.05, 3.63) is 28.2 Å². The van der Waals surface area contributed by atoms with Crippen molar-refractivity contribution in [1.82, 2.24) is 10.6 Å². The fourth-order valence-electron chi connectivity index (χ4n) is 2.72. The molecule has 0 aromatic heterocycles. The van der Waals surface area contributed by atoms with E-state index in [4.69, 9.17) is 0 Å². The SMILES string of the molecule is CCCNC(C)c1cc(Br)ccc1N1CCNC(=O)C1C. The van der Waals surface area contributed by atoms with E-state index in [0.29, 0.717) is 6.54 Å². The first-order valence-corrected chi connectivity index (χ1v) is 8.41. The van der Waals surface area contributed by atoms with Gasteiger partial charge in [0.1, 0.15) is 6.04 Å². The predicted molar refractivity (Wildman–Crippen MR) is 90.7 cm³/mol. The molecule has 2 unspecified atom stereocenters. The first kappa shape index (κ1) is 16.3. The van der Waals surface area contributed by atoms with E-state index in [-0.39, 0.29) is 18.0 Å². The average Bonchev–Trinajstić information content (AvgIpc) is 2.48. The number of carbonyl (C=O) groups is 1. The Balaban J connectivity index is 2.31. The van der Waals surface area contributed by atoms with Gasteiger partial charge in [-0.3, -0.25) is 4.79 Å². The molecule has 0 bridgehead atoms. The van der Waals surface area contributed by atoms with Crippen molar-refractivity contribution < 1.29 is 4.79 Å². The van der Waals surface area contributed by atoms with Crippen molar-refractivity contribution in [2.24, 2.45) is 0 Å². The molecule has 1 amide bonds. The third-order valence-corrected chi connectivity index (χ3v) is 4.46. The summed E-state index contributed by atoms with van der Waals surface area (Å²) in [6, 6.07) is 6.44. The van der Waals surface area contributed by atoms with Crippen LogP contribution in [0.1, 0.15) is 38.8 Å². The summed E-state index contributed by atoms with van der Waals surface area (Å²) in [5.74, 6) is 0.101. The summed E-state index contributed by atoms with van der Waals surface area (Å²) in [6.45, 7) is 8.85. The van der Waals surface area contributed by atoms with Crippen molar-refractivity contribution in [2.75, 3.05) is 24.5 Å². The summed E-state index contributed by atoms with van der Waals surface area (Å²) in [4.78, 5) is 14.1. The Morgan fingerprint density at radius 2 is 2.29 bits per heavy atom. The topological polar surface area (TPSA) is 44.4 Å². The van der Waals surface area contributed by atoms with Crippen LogP contribution >= 0.6 is 15.9 Å². The summed E-state index contributed by atoms with van der Waals surface area (Å²) in [7, 11) is 0. The molecule has 21 heavy (non-hydrogen) atoms. The summed E-state index contributed by atoms with van der Waals surface area (Å²) in [5, 5.41) is 6.45. The largest absolute Gasteiger partial charge is 0.358 e. The van der Waals surface area contributed by atoms with Gasteiger partial charge in [0.25, 0.3) is 0 Å². The number of anilines is 1. The molecular formula is C16H24BrN3O. The molecule has 4 nitrogen and oxygen atoms in total. The summed E-state index contributed by atoms with van der Waals surface area (Å²) in [5.41, 5.74) is 2.39. The van der Waals surface area contributed by atoms with Gasteiger partial charge >= 0.3 is 0 Å². The minimum absolute atomic E-state index is 0.101. The smallest absolute Gasteiger partial charge is 0.242 e. The maximum atomic E-state index is 11.9. The van der Waals surface area contributed by atoms with E-state index in [9.17, 15) is 4.79 Å². The van der Waals surface area contributed by atoms with Crippen LogP contribution in [0.5, 0.6) is 0 Å². The van der Waals surface area contributed by atoms with Crippen molar-refractivity contribution in [2.45, 2.75) is 39.3 Å². The second kappa shape index (κ2) is 7.27. The highest BCUT2D eigenvalue weighted by molar-refractivity contribution is 9.10. The zero-order chi connectivity index (χ0) is 15.4. The van der Waals surface area contributed by atoms with Gasteiger partial charge in [0, 0.05) is 29.3 Å². The molecule has 2 atom stereocenters. The molecule has 1 saturated heterocycles. The van der Waals surface area contributed by atoms with Gasteiger partial charge in [-0.2, -0.15) is 0 Å². The number of carbonyl (C=O) groups excluding carboxylic acids is 1. The fourth-order valence-corrected chi connectivity index (χ4v) is 3.09. The number of rotatable bonds is 5. The molecule has 1 aromatic rings. The molecule has 0 saturated carbocycles. The Kier molecular flexibility index (Phi) is 5.65. The van der Waals surface area contributed by atoms with Crippen molar-refractivity contribution in [3.63, 3.8) is 0 Å². The third-order valence-electron chi connectivity index (χ3n) is 3.96. The van der Waals surface area contributed by atoms with Crippen LogP contribution in [0.2, 0.25) is 0 Å². The fraction of sp³-hybridized carbons (Fsp3) is 0.562. The van der Waals surface area contributed by atoms with E-state index >= 15 is 0 Å². The molecule has 0 aliphatic carbocycles. The molecule has 1 heterocycles. The monoisotopic (exact) mass is 353 g/mol. The summed E-state index contributed by atoms with van der Waals surface area (Å²) >= 11 is 3.56. The maximum absolute atomic E-state index is 11.9. The molecule has 116 valence electrons. The van der Waals surface area contributed by atoms with Gasteiger partial charge in [0.15, 0.2) is 0 Å². The number of halogens is 1. The van der Waals surface area contributed by atoms with Gasteiger partial charge in [0.2, 0.25) is 5.91 Å². The molecule has 1 aliphatic rings. The Morgan fingerprint density at radius 1 is 1.52 bits per heavy atom. The van der Waals surface area contributed by atoms with E-state index in [1.54, 1.807) is 0 Å². The van der Waals surface area contributed by atoms with Crippen LogP contribution in [0.4, 0.5) is 5.69 Å². The van der Waals surface area contributed by atoms with Crippen molar-refractivity contribution >= 4 is 27.5 Å². The molecule has 0 radical (unpaired) electrons. The second-order valence-corrected chi connectivity index (χ2v) is 6.46. The van der Waals surface area contributed by atoms with Gasteiger partial charge in [-0.1, -0.05) is 22.9 Å². The lowest BCUT2D eigenvalue weighted by atomic mass is 10.0. The minimum Gasteiger partial charge on any atom is -0.358 e. The van der Waals surface area contributed by atoms with Crippen molar-refractivity contribution in [3.8, 4) is 0 Å². The Bertz CT molecular complexity index is 506. The normalized spacial score (nSPS) is 20.3. The highest BCUT2D eigenvalue weighted by atomic mass is 79.9. The van der Waals surface area contributed by atoms with Crippen LogP contribution < -0.4 is 15.5 Å². The van der Waals surface area contributed by atoms with Gasteiger partial charge < -0.3 is 15.5 Å². The average molecular weight is 354 g/mol. The van der Waals surface area contributed by atoms with Gasteiger partial charge in [-0.05, 0) is 50.6 Å². The predicted octanol–water partition coefficient (Wildman–Crippen LogP) is 2.83. The highest BCUT2D eigenvalue weighted by Crippen LogP contribution is 2.31. The third kappa shape index (κ3) is 3.77. The van der Waals surface area contributed by atoms with Crippen LogP contribution in [0.25, 0.3) is 0 Å².